The number of aliphatic imine (C=N–C) groups is 1. The summed E-state index contributed by atoms with van der Waals surface area (Å²) in [5.41, 5.74) is 0.858. The van der Waals surface area contributed by atoms with Gasteiger partial charge in [-0.25, -0.2) is 4.98 Å². The fourth-order valence-electron chi connectivity index (χ4n) is 3.09. The van der Waals surface area contributed by atoms with Gasteiger partial charge in [0, 0.05) is 31.7 Å². The summed E-state index contributed by atoms with van der Waals surface area (Å²) < 4.78 is 5.12. The number of halogens is 1. The summed E-state index contributed by atoms with van der Waals surface area (Å²) in [6, 6.07) is 5.51. The molecule has 1 aliphatic rings. The number of guanidine groups is 1. The van der Waals surface area contributed by atoms with Crippen molar-refractivity contribution in [2.75, 3.05) is 38.1 Å². The molecule has 162 valence electrons. The lowest BCUT2D eigenvalue weighted by molar-refractivity contribution is -0.149. The largest absolute Gasteiger partial charge is 0.466 e. The zero-order valence-corrected chi connectivity index (χ0v) is 19.8. The van der Waals surface area contributed by atoms with Gasteiger partial charge < -0.3 is 20.3 Å². The minimum absolute atomic E-state index is 0. The Morgan fingerprint density at radius 2 is 2.00 bits per heavy atom. The maximum absolute atomic E-state index is 12.1. The van der Waals surface area contributed by atoms with Crippen molar-refractivity contribution in [3.05, 3.63) is 23.9 Å². The SMILES string of the molecule is CCNC(=NCCC(=O)Nc1cccc(C)n1)N1CCC(C(=O)OCC)CC1.I. The van der Waals surface area contributed by atoms with Gasteiger partial charge in [-0.05, 0) is 45.7 Å². The van der Waals surface area contributed by atoms with Crippen LogP contribution in [0.1, 0.15) is 38.8 Å². The summed E-state index contributed by atoms with van der Waals surface area (Å²) in [6.07, 6.45) is 1.79. The number of likely N-dealkylation sites (tertiary alicyclic amines) is 1. The van der Waals surface area contributed by atoms with Gasteiger partial charge in [0.05, 0.1) is 19.1 Å². The van der Waals surface area contributed by atoms with Gasteiger partial charge in [-0.1, -0.05) is 6.07 Å². The predicted molar refractivity (Wildman–Crippen MR) is 125 cm³/mol. The number of nitrogens with zero attached hydrogens (tertiary/aromatic N) is 3. The van der Waals surface area contributed by atoms with Gasteiger partial charge >= 0.3 is 5.97 Å². The molecule has 1 amide bonds. The van der Waals surface area contributed by atoms with E-state index in [2.05, 4.69) is 25.5 Å². The predicted octanol–water partition coefficient (Wildman–Crippen LogP) is 2.58. The Labute approximate surface area is 189 Å². The molecule has 1 aromatic heterocycles. The van der Waals surface area contributed by atoms with Gasteiger partial charge in [0.15, 0.2) is 5.96 Å². The van der Waals surface area contributed by atoms with Crippen LogP contribution in [-0.2, 0) is 14.3 Å². The average molecular weight is 517 g/mol. The van der Waals surface area contributed by atoms with Crippen molar-refractivity contribution < 1.29 is 14.3 Å². The van der Waals surface area contributed by atoms with Crippen LogP contribution in [0.2, 0.25) is 0 Å². The maximum Gasteiger partial charge on any atom is 0.309 e. The maximum atomic E-state index is 12.1. The molecule has 1 fully saturated rings. The van der Waals surface area contributed by atoms with Crippen LogP contribution in [0.4, 0.5) is 5.82 Å². The first-order chi connectivity index (χ1) is 13.5. The summed E-state index contributed by atoms with van der Waals surface area (Å²) in [4.78, 5) is 35.0. The number of aryl methyl sites for hydroxylation is 1. The number of carbonyl (C=O) groups excluding carboxylic acids is 2. The molecule has 0 saturated carbocycles. The third-order valence-electron chi connectivity index (χ3n) is 4.51. The standard InChI is InChI=1S/C20H31N5O3.HI/c1-4-21-20(25-13-10-16(11-14-25)19(27)28-5-2)22-12-9-18(26)24-17-8-6-7-15(3)23-17;/h6-8,16H,4-5,9-14H2,1-3H3,(H,21,22)(H,23,24,26);1H. The second kappa shape index (κ2) is 13.3. The minimum atomic E-state index is -0.112. The second-order valence-electron chi connectivity index (χ2n) is 6.71. The van der Waals surface area contributed by atoms with Crippen molar-refractivity contribution in [1.82, 2.24) is 15.2 Å². The number of amides is 1. The summed E-state index contributed by atoms with van der Waals surface area (Å²) in [6.45, 7) is 8.76. The third kappa shape index (κ3) is 8.55. The van der Waals surface area contributed by atoms with Crippen molar-refractivity contribution >= 4 is 47.6 Å². The summed E-state index contributed by atoms with van der Waals surface area (Å²) >= 11 is 0. The van der Waals surface area contributed by atoms with Crippen molar-refractivity contribution in [3.63, 3.8) is 0 Å². The highest BCUT2D eigenvalue weighted by atomic mass is 127. The van der Waals surface area contributed by atoms with Gasteiger partial charge in [-0.3, -0.25) is 14.6 Å². The van der Waals surface area contributed by atoms with E-state index < -0.39 is 0 Å². The van der Waals surface area contributed by atoms with Crippen molar-refractivity contribution in [1.29, 1.82) is 0 Å². The number of rotatable bonds is 7. The average Bonchev–Trinajstić information content (AvgIpc) is 2.67. The smallest absolute Gasteiger partial charge is 0.309 e. The highest BCUT2D eigenvalue weighted by molar-refractivity contribution is 14.0. The Bertz CT molecular complexity index is 690. The van der Waals surface area contributed by atoms with Gasteiger partial charge in [0.2, 0.25) is 5.91 Å². The molecule has 0 spiro atoms. The van der Waals surface area contributed by atoms with Crippen LogP contribution in [0.5, 0.6) is 0 Å². The van der Waals surface area contributed by atoms with Crippen molar-refractivity contribution in [3.8, 4) is 0 Å². The van der Waals surface area contributed by atoms with E-state index >= 15 is 0 Å². The second-order valence-corrected chi connectivity index (χ2v) is 6.71. The fraction of sp³-hybridized carbons (Fsp3) is 0.600. The van der Waals surface area contributed by atoms with Gasteiger partial charge in [0.1, 0.15) is 5.82 Å². The molecular formula is C20H32IN5O3. The summed E-state index contributed by atoms with van der Waals surface area (Å²) in [5.74, 6) is 1.09. The highest BCUT2D eigenvalue weighted by Crippen LogP contribution is 2.18. The van der Waals surface area contributed by atoms with Gasteiger partial charge in [-0.2, -0.15) is 0 Å². The number of aromatic nitrogens is 1. The van der Waals surface area contributed by atoms with Crippen LogP contribution in [0, 0.1) is 12.8 Å². The number of anilines is 1. The Kier molecular flexibility index (Phi) is 11.6. The lowest BCUT2D eigenvalue weighted by Gasteiger charge is -2.33. The number of nitrogens with one attached hydrogen (secondary N) is 2. The van der Waals surface area contributed by atoms with Gasteiger partial charge in [-0.15, -0.1) is 24.0 Å². The molecule has 2 rings (SSSR count). The highest BCUT2D eigenvalue weighted by Gasteiger charge is 2.27. The van der Waals surface area contributed by atoms with E-state index in [4.69, 9.17) is 4.74 Å². The molecular weight excluding hydrogens is 485 g/mol. The van der Waals surface area contributed by atoms with Crippen LogP contribution in [0.25, 0.3) is 0 Å². The topological polar surface area (TPSA) is 95.9 Å². The van der Waals surface area contributed by atoms with Crippen LogP contribution in [-0.4, -0.2) is 60.5 Å². The van der Waals surface area contributed by atoms with Gasteiger partial charge in [0.25, 0.3) is 0 Å². The van der Waals surface area contributed by atoms with Crippen LogP contribution in [0.3, 0.4) is 0 Å². The van der Waals surface area contributed by atoms with Crippen LogP contribution < -0.4 is 10.6 Å². The Hall–Kier alpha value is -1.91. The monoisotopic (exact) mass is 517 g/mol. The Morgan fingerprint density at radius 3 is 2.62 bits per heavy atom. The number of hydrogen-bond donors (Lipinski definition) is 2. The van der Waals surface area contributed by atoms with Crippen molar-refractivity contribution in [2.45, 2.75) is 40.0 Å². The van der Waals surface area contributed by atoms with E-state index in [1.165, 1.54) is 0 Å². The molecule has 0 unspecified atom stereocenters. The summed E-state index contributed by atoms with van der Waals surface area (Å²) in [5, 5.41) is 6.06. The number of pyridine rings is 1. The quantitative estimate of drug-likeness (QED) is 0.250. The zero-order chi connectivity index (χ0) is 20.4. The van der Waals surface area contributed by atoms with Crippen LogP contribution in [0.15, 0.2) is 23.2 Å². The number of esters is 1. The molecule has 0 atom stereocenters. The number of ether oxygens (including phenoxy) is 1. The normalized spacial score (nSPS) is 14.7. The van der Waals surface area contributed by atoms with E-state index in [0.717, 1.165) is 44.1 Å². The molecule has 9 heteroatoms. The molecule has 0 aromatic carbocycles. The fourth-order valence-corrected chi connectivity index (χ4v) is 3.09. The first-order valence-corrected chi connectivity index (χ1v) is 9.96. The van der Waals surface area contributed by atoms with E-state index in [9.17, 15) is 9.59 Å². The molecule has 1 saturated heterocycles. The number of carbonyl (C=O) groups is 2. The minimum Gasteiger partial charge on any atom is -0.466 e. The molecule has 2 heterocycles. The first kappa shape index (κ1) is 25.1. The van der Waals surface area contributed by atoms with E-state index in [1.807, 2.05) is 32.9 Å². The molecule has 0 radical (unpaired) electrons. The first-order valence-electron chi connectivity index (χ1n) is 9.96. The Balaban J connectivity index is 0.00000420. The van der Waals surface area contributed by atoms with E-state index in [1.54, 1.807) is 6.07 Å². The molecule has 1 aliphatic heterocycles. The molecule has 0 bridgehead atoms. The number of piperidine rings is 1. The number of hydrogen-bond acceptors (Lipinski definition) is 5. The summed E-state index contributed by atoms with van der Waals surface area (Å²) in [7, 11) is 0. The molecule has 2 N–H and O–H groups in total. The zero-order valence-electron chi connectivity index (χ0n) is 17.4. The molecule has 1 aromatic rings. The molecule has 0 aliphatic carbocycles. The lowest BCUT2D eigenvalue weighted by atomic mass is 9.97. The van der Waals surface area contributed by atoms with E-state index in [0.29, 0.717) is 19.0 Å². The lowest BCUT2D eigenvalue weighted by Crippen LogP contribution is -2.46. The molecule has 8 nitrogen and oxygen atoms in total. The van der Waals surface area contributed by atoms with E-state index in [-0.39, 0.29) is 48.2 Å². The van der Waals surface area contributed by atoms with Crippen molar-refractivity contribution in [2.24, 2.45) is 10.9 Å². The molecule has 29 heavy (non-hydrogen) atoms. The Morgan fingerprint density at radius 1 is 1.28 bits per heavy atom. The third-order valence-corrected chi connectivity index (χ3v) is 4.51. The van der Waals surface area contributed by atoms with Crippen LogP contribution >= 0.6 is 24.0 Å².